The Morgan fingerprint density at radius 1 is 1.14 bits per heavy atom. The van der Waals surface area contributed by atoms with Gasteiger partial charge in [0.1, 0.15) is 11.7 Å². The topological polar surface area (TPSA) is 38.8 Å². The Hall–Kier alpha value is -1.35. The summed E-state index contributed by atoms with van der Waals surface area (Å²) >= 11 is 0. The molecule has 1 unspecified atom stereocenters. The second-order valence-electron chi connectivity index (χ2n) is 6.81. The predicted molar refractivity (Wildman–Crippen MR) is 78.9 cm³/mol. The summed E-state index contributed by atoms with van der Waals surface area (Å²) in [5.41, 5.74) is 1.05. The van der Waals surface area contributed by atoms with Crippen molar-refractivity contribution in [3.63, 3.8) is 0 Å². The molecule has 3 aliphatic rings. The molecule has 2 saturated carbocycles. The number of epoxide rings is 1. The predicted octanol–water partition coefficient (Wildman–Crippen LogP) is 3.63. The number of benzene rings is 1. The summed E-state index contributed by atoms with van der Waals surface area (Å²) in [6.07, 6.45) is 7.52. The minimum absolute atomic E-state index is 0.113. The molecule has 21 heavy (non-hydrogen) atoms. The van der Waals surface area contributed by atoms with Gasteiger partial charge in [-0.15, -0.1) is 0 Å². The van der Waals surface area contributed by atoms with Gasteiger partial charge in [0, 0.05) is 0 Å². The molecule has 112 valence electrons. The molecule has 3 nitrogen and oxygen atoms in total. The van der Waals surface area contributed by atoms with E-state index in [4.69, 9.17) is 9.47 Å². The zero-order valence-corrected chi connectivity index (χ0v) is 12.6. The van der Waals surface area contributed by atoms with Crippen LogP contribution in [0, 0.1) is 6.92 Å². The van der Waals surface area contributed by atoms with Crippen molar-refractivity contribution in [1.29, 1.82) is 0 Å². The van der Waals surface area contributed by atoms with Gasteiger partial charge >= 0.3 is 5.97 Å². The lowest BCUT2D eigenvalue weighted by atomic mass is 9.84. The van der Waals surface area contributed by atoms with Crippen molar-refractivity contribution in [2.75, 3.05) is 0 Å². The van der Waals surface area contributed by atoms with E-state index in [-0.39, 0.29) is 17.7 Å². The molecule has 1 aromatic rings. The lowest BCUT2D eigenvalue weighted by molar-refractivity contribution is -0.160. The first-order valence-electron chi connectivity index (χ1n) is 8.15. The summed E-state index contributed by atoms with van der Waals surface area (Å²) < 4.78 is 11.9. The third kappa shape index (κ3) is 1.87. The largest absolute Gasteiger partial charge is 0.460 e. The average molecular weight is 286 g/mol. The molecule has 3 fully saturated rings. The van der Waals surface area contributed by atoms with Gasteiger partial charge in [0.25, 0.3) is 0 Å². The van der Waals surface area contributed by atoms with E-state index in [2.05, 4.69) is 19.1 Å². The van der Waals surface area contributed by atoms with E-state index in [9.17, 15) is 4.79 Å². The van der Waals surface area contributed by atoms with Gasteiger partial charge in [-0.3, -0.25) is 0 Å². The highest BCUT2D eigenvalue weighted by Gasteiger charge is 2.76. The SMILES string of the molecule is Cc1ccc(C2(C(=O)OC3CCC3)OC23CCCC3)cc1. The van der Waals surface area contributed by atoms with Crippen molar-refractivity contribution >= 4 is 5.97 Å². The first-order chi connectivity index (χ1) is 10.2. The Bertz CT molecular complexity index is 552. The first-order valence-corrected chi connectivity index (χ1v) is 8.15. The fourth-order valence-corrected chi connectivity index (χ4v) is 3.85. The van der Waals surface area contributed by atoms with E-state index in [1.807, 2.05) is 12.1 Å². The molecule has 1 aromatic carbocycles. The molecule has 1 atom stereocenters. The van der Waals surface area contributed by atoms with E-state index < -0.39 is 5.60 Å². The molecule has 3 heteroatoms. The molecule has 1 spiro atoms. The van der Waals surface area contributed by atoms with E-state index in [0.29, 0.717) is 0 Å². The van der Waals surface area contributed by atoms with Gasteiger partial charge in [0.15, 0.2) is 0 Å². The number of carbonyl (C=O) groups excluding carboxylic acids is 1. The normalized spacial score (nSPS) is 30.1. The van der Waals surface area contributed by atoms with E-state index in [0.717, 1.165) is 44.1 Å². The molecular formula is C18H22O3. The summed E-state index contributed by atoms with van der Waals surface area (Å²) in [5, 5.41) is 0. The Morgan fingerprint density at radius 2 is 1.81 bits per heavy atom. The van der Waals surface area contributed by atoms with Crippen LogP contribution in [-0.4, -0.2) is 17.7 Å². The van der Waals surface area contributed by atoms with E-state index in [1.165, 1.54) is 12.0 Å². The fraction of sp³-hybridized carbons (Fsp3) is 0.611. The van der Waals surface area contributed by atoms with Crippen molar-refractivity contribution in [1.82, 2.24) is 0 Å². The summed E-state index contributed by atoms with van der Waals surface area (Å²) in [6.45, 7) is 2.06. The van der Waals surface area contributed by atoms with Crippen molar-refractivity contribution in [3.05, 3.63) is 35.4 Å². The van der Waals surface area contributed by atoms with Crippen LogP contribution in [0.5, 0.6) is 0 Å². The van der Waals surface area contributed by atoms with Crippen molar-refractivity contribution < 1.29 is 14.3 Å². The number of rotatable bonds is 3. The third-order valence-corrected chi connectivity index (χ3v) is 5.43. The fourth-order valence-electron chi connectivity index (χ4n) is 3.85. The molecule has 0 aromatic heterocycles. The Morgan fingerprint density at radius 3 is 2.38 bits per heavy atom. The standard InChI is InChI=1S/C18H22O3/c1-13-7-9-14(10-8-13)18(16(19)20-15-5-4-6-15)17(21-18)11-2-3-12-17/h7-10,15H,2-6,11-12H2,1H3. The van der Waals surface area contributed by atoms with Gasteiger partial charge in [0.2, 0.25) is 5.60 Å². The van der Waals surface area contributed by atoms with Crippen LogP contribution in [0.15, 0.2) is 24.3 Å². The number of ether oxygens (including phenoxy) is 2. The van der Waals surface area contributed by atoms with Gasteiger partial charge in [-0.2, -0.15) is 0 Å². The highest BCUT2D eigenvalue weighted by Crippen LogP contribution is 2.64. The lowest BCUT2D eigenvalue weighted by Crippen LogP contribution is -2.36. The summed E-state index contributed by atoms with van der Waals surface area (Å²) in [5.74, 6) is -0.155. The molecule has 2 aliphatic carbocycles. The van der Waals surface area contributed by atoms with Crippen LogP contribution in [0.25, 0.3) is 0 Å². The molecular weight excluding hydrogens is 264 g/mol. The highest BCUT2D eigenvalue weighted by atomic mass is 16.7. The number of hydrogen-bond donors (Lipinski definition) is 0. The minimum atomic E-state index is -0.827. The number of hydrogen-bond acceptors (Lipinski definition) is 3. The zero-order valence-electron chi connectivity index (χ0n) is 12.6. The highest BCUT2D eigenvalue weighted by molar-refractivity contribution is 5.87. The Kier molecular flexibility index (Phi) is 2.90. The van der Waals surface area contributed by atoms with Crippen LogP contribution >= 0.6 is 0 Å². The Labute approximate surface area is 125 Å². The maximum atomic E-state index is 12.8. The zero-order chi connectivity index (χ0) is 14.5. The number of esters is 1. The second kappa shape index (κ2) is 4.57. The van der Waals surface area contributed by atoms with E-state index in [1.54, 1.807) is 0 Å². The van der Waals surface area contributed by atoms with Gasteiger partial charge in [-0.1, -0.05) is 42.7 Å². The minimum Gasteiger partial charge on any atom is -0.460 e. The summed E-state index contributed by atoms with van der Waals surface area (Å²) in [6, 6.07) is 8.17. The molecule has 0 amide bonds. The van der Waals surface area contributed by atoms with Gasteiger partial charge < -0.3 is 9.47 Å². The third-order valence-electron chi connectivity index (χ3n) is 5.43. The van der Waals surface area contributed by atoms with Crippen molar-refractivity contribution in [2.24, 2.45) is 0 Å². The van der Waals surface area contributed by atoms with Gasteiger partial charge in [-0.25, -0.2) is 4.79 Å². The van der Waals surface area contributed by atoms with Crippen LogP contribution in [-0.2, 0) is 19.9 Å². The number of carbonyl (C=O) groups is 1. The van der Waals surface area contributed by atoms with Crippen LogP contribution in [0.3, 0.4) is 0 Å². The maximum Gasteiger partial charge on any atom is 0.346 e. The summed E-state index contributed by atoms with van der Waals surface area (Å²) in [7, 11) is 0. The van der Waals surface area contributed by atoms with Crippen LogP contribution in [0.1, 0.15) is 56.1 Å². The molecule has 0 N–H and O–H groups in total. The number of aryl methyl sites for hydroxylation is 1. The van der Waals surface area contributed by atoms with Gasteiger partial charge in [-0.05, 0) is 44.6 Å². The Balaban J connectivity index is 1.66. The van der Waals surface area contributed by atoms with E-state index >= 15 is 0 Å². The summed E-state index contributed by atoms with van der Waals surface area (Å²) in [4.78, 5) is 12.8. The first kappa shape index (κ1) is 13.3. The second-order valence-corrected chi connectivity index (χ2v) is 6.81. The lowest BCUT2D eigenvalue weighted by Gasteiger charge is -2.27. The molecule has 4 rings (SSSR count). The monoisotopic (exact) mass is 286 g/mol. The van der Waals surface area contributed by atoms with Gasteiger partial charge in [0.05, 0.1) is 0 Å². The van der Waals surface area contributed by atoms with Crippen molar-refractivity contribution in [2.45, 2.75) is 69.2 Å². The molecule has 1 heterocycles. The molecule has 1 aliphatic heterocycles. The van der Waals surface area contributed by atoms with Crippen LogP contribution in [0.2, 0.25) is 0 Å². The van der Waals surface area contributed by atoms with Crippen LogP contribution in [0.4, 0.5) is 0 Å². The van der Waals surface area contributed by atoms with Crippen LogP contribution < -0.4 is 0 Å². The molecule has 0 radical (unpaired) electrons. The molecule has 1 saturated heterocycles. The smallest absolute Gasteiger partial charge is 0.346 e. The van der Waals surface area contributed by atoms with Crippen molar-refractivity contribution in [3.8, 4) is 0 Å². The maximum absolute atomic E-state index is 12.8. The molecule has 0 bridgehead atoms. The quantitative estimate of drug-likeness (QED) is 0.629. The average Bonchev–Trinajstić information content (AvgIpc) is 2.84.